The largest absolute Gasteiger partial charge is 0.368 e. The highest BCUT2D eigenvalue weighted by Crippen LogP contribution is 2.16. The number of halogens is 2. The first kappa shape index (κ1) is 15.0. The van der Waals surface area contributed by atoms with Crippen molar-refractivity contribution in [1.82, 2.24) is 5.32 Å². The molecule has 0 bridgehead atoms. The number of amidine groups is 1. The SMILES string of the molecule is O=C(Nc1cccc(F)c1)Nc1cc(F)cc(C2=NCCN2)c1. The van der Waals surface area contributed by atoms with Crippen LogP contribution in [0.15, 0.2) is 47.5 Å². The van der Waals surface area contributed by atoms with E-state index in [-0.39, 0.29) is 5.69 Å². The van der Waals surface area contributed by atoms with Gasteiger partial charge < -0.3 is 16.0 Å². The molecule has 0 saturated heterocycles. The van der Waals surface area contributed by atoms with E-state index in [0.717, 1.165) is 0 Å². The highest BCUT2D eigenvalue weighted by atomic mass is 19.1. The van der Waals surface area contributed by atoms with Crippen LogP contribution in [0.25, 0.3) is 0 Å². The van der Waals surface area contributed by atoms with Crippen LogP contribution in [0.2, 0.25) is 0 Å². The zero-order valence-electron chi connectivity index (χ0n) is 12.1. The van der Waals surface area contributed by atoms with Crippen molar-refractivity contribution < 1.29 is 13.6 Å². The molecule has 0 fully saturated rings. The van der Waals surface area contributed by atoms with Crippen molar-refractivity contribution in [3.05, 3.63) is 59.7 Å². The Morgan fingerprint density at radius 1 is 1.04 bits per heavy atom. The molecule has 118 valence electrons. The van der Waals surface area contributed by atoms with Gasteiger partial charge in [0.1, 0.15) is 17.5 Å². The molecule has 1 aliphatic heterocycles. The molecular formula is C16H14F2N4O. The zero-order chi connectivity index (χ0) is 16.2. The molecule has 2 amide bonds. The van der Waals surface area contributed by atoms with Crippen LogP contribution in [0.1, 0.15) is 5.56 Å². The van der Waals surface area contributed by atoms with Crippen LogP contribution < -0.4 is 16.0 Å². The van der Waals surface area contributed by atoms with E-state index in [1.165, 1.54) is 30.3 Å². The van der Waals surface area contributed by atoms with Gasteiger partial charge in [-0.05, 0) is 36.4 Å². The monoisotopic (exact) mass is 316 g/mol. The lowest BCUT2D eigenvalue weighted by atomic mass is 10.1. The molecule has 0 unspecified atom stereocenters. The van der Waals surface area contributed by atoms with Gasteiger partial charge in [0.15, 0.2) is 0 Å². The van der Waals surface area contributed by atoms with Crippen LogP contribution in [0.5, 0.6) is 0 Å². The Labute approximate surface area is 131 Å². The van der Waals surface area contributed by atoms with Crippen molar-refractivity contribution in [1.29, 1.82) is 0 Å². The number of hydrogen-bond acceptors (Lipinski definition) is 3. The van der Waals surface area contributed by atoms with Gasteiger partial charge in [0, 0.05) is 23.5 Å². The first-order valence-electron chi connectivity index (χ1n) is 7.03. The second-order valence-corrected chi connectivity index (χ2v) is 4.98. The van der Waals surface area contributed by atoms with E-state index in [2.05, 4.69) is 20.9 Å². The maximum absolute atomic E-state index is 13.7. The fourth-order valence-corrected chi connectivity index (χ4v) is 2.25. The van der Waals surface area contributed by atoms with E-state index < -0.39 is 17.7 Å². The molecule has 2 aromatic rings. The molecule has 0 spiro atoms. The molecule has 0 atom stereocenters. The van der Waals surface area contributed by atoms with Gasteiger partial charge in [-0.15, -0.1) is 0 Å². The summed E-state index contributed by atoms with van der Waals surface area (Å²) in [5.41, 5.74) is 1.15. The van der Waals surface area contributed by atoms with Crippen LogP contribution in [-0.2, 0) is 0 Å². The lowest BCUT2D eigenvalue weighted by Gasteiger charge is -2.10. The molecule has 3 N–H and O–H groups in total. The fourth-order valence-electron chi connectivity index (χ4n) is 2.25. The first-order chi connectivity index (χ1) is 11.1. The smallest absolute Gasteiger partial charge is 0.323 e. The second-order valence-electron chi connectivity index (χ2n) is 4.98. The molecule has 0 radical (unpaired) electrons. The number of benzene rings is 2. The molecule has 0 aromatic heterocycles. The Balaban J connectivity index is 1.73. The number of hydrogen-bond donors (Lipinski definition) is 3. The van der Waals surface area contributed by atoms with Gasteiger partial charge in [-0.2, -0.15) is 0 Å². The summed E-state index contributed by atoms with van der Waals surface area (Å²) in [5.74, 6) is -0.348. The minimum absolute atomic E-state index is 0.283. The maximum Gasteiger partial charge on any atom is 0.323 e. The third-order valence-electron chi connectivity index (χ3n) is 3.19. The molecule has 7 heteroatoms. The van der Waals surface area contributed by atoms with Gasteiger partial charge >= 0.3 is 6.03 Å². The number of carbonyl (C=O) groups excluding carboxylic acids is 1. The van der Waals surface area contributed by atoms with Crippen LogP contribution in [0, 0.1) is 11.6 Å². The topological polar surface area (TPSA) is 65.5 Å². The number of aliphatic imine (C=N–C) groups is 1. The fraction of sp³-hybridized carbons (Fsp3) is 0.125. The third-order valence-corrected chi connectivity index (χ3v) is 3.19. The summed E-state index contributed by atoms with van der Waals surface area (Å²) in [7, 11) is 0. The van der Waals surface area contributed by atoms with E-state index in [1.54, 1.807) is 12.1 Å². The van der Waals surface area contributed by atoms with Crippen LogP contribution >= 0.6 is 0 Å². The highest BCUT2D eigenvalue weighted by molar-refractivity contribution is 6.03. The molecule has 23 heavy (non-hydrogen) atoms. The summed E-state index contributed by atoms with van der Waals surface area (Å²) in [5, 5.41) is 8.04. The summed E-state index contributed by atoms with van der Waals surface area (Å²) in [6.45, 7) is 1.34. The van der Waals surface area contributed by atoms with E-state index in [1.807, 2.05) is 0 Å². The Morgan fingerprint density at radius 2 is 1.83 bits per heavy atom. The van der Waals surface area contributed by atoms with Gasteiger partial charge in [0.25, 0.3) is 0 Å². The van der Waals surface area contributed by atoms with Gasteiger partial charge in [-0.3, -0.25) is 4.99 Å². The number of amides is 2. The van der Waals surface area contributed by atoms with E-state index >= 15 is 0 Å². The average Bonchev–Trinajstić information content (AvgIpc) is 3.00. The average molecular weight is 316 g/mol. The predicted octanol–water partition coefficient (Wildman–Crippen LogP) is 2.96. The van der Waals surface area contributed by atoms with E-state index in [9.17, 15) is 13.6 Å². The number of urea groups is 1. The number of carbonyl (C=O) groups is 1. The summed E-state index contributed by atoms with van der Waals surface area (Å²) in [6, 6.07) is 9.06. The Bertz CT molecular complexity index is 776. The summed E-state index contributed by atoms with van der Waals surface area (Å²) in [4.78, 5) is 16.1. The molecule has 1 aliphatic rings. The molecule has 5 nitrogen and oxygen atoms in total. The van der Waals surface area contributed by atoms with Gasteiger partial charge in [0.05, 0.1) is 6.54 Å². The van der Waals surface area contributed by atoms with Crippen LogP contribution in [0.4, 0.5) is 25.0 Å². The van der Waals surface area contributed by atoms with Crippen LogP contribution in [-0.4, -0.2) is 25.0 Å². The van der Waals surface area contributed by atoms with E-state index in [4.69, 9.17) is 0 Å². The van der Waals surface area contributed by atoms with Crippen molar-refractivity contribution in [3.8, 4) is 0 Å². The Hall–Kier alpha value is -2.96. The van der Waals surface area contributed by atoms with Gasteiger partial charge in [-0.1, -0.05) is 6.07 Å². The van der Waals surface area contributed by atoms with Gasteiger partial charge in [0.2, 0.25) is 0 Å². The van der Waals surface area contributed by atoms with E-state index in [0.29, 0.717) is 30.2 Å². The molecule has 0 saturated carbocycles. The summed E-state index contributed by atoms with van der Waals surface area (Å²) in [6.07, 6.45) is 0. The number of nitrogens with zero attached hydrogens (tertiary/aromatic N) is 1. The second kappa shape index (κ2) is 6.43. The predicted molar refractivity (Wildman–Crippen MR) is 84.8 cm³/mol. The molecule has 2 aromatic carbocycles. The number of nitrogens with one attached hydrogen (secondary N) is 3. The summed E-state index contributed by atoms with van der Waals surface area (Å²) < 4.78 is 26.8. The normalized spacial score (nSPS) is 13.2. The number of rotatable bonds is 3. The molecular weight excluding hydrogens is 302 g/mol. The Morgan fingerprint density at radius 3 is 2.57 bits per heavy atom. The highest BCUT2D eigenvalue weighted by Gasteiger charge is 2.12. The minimum Gasteiger partial charge on any atom is -0.368 e. The van der Waals surface area contributed by atoms with Crippen molar-refractivity contribution >= 4 is 23.2 Å². The quantitative estimate of drug-likeness (QED) is 0.815. The molecule has 1 heterocycles. The molecule has 0 aliphatic carbocycles. The summed E-state index contributed by atoms with van der Waals surface area (Å²) >= 11 is 0. The zero-order valence-corrected chi connectivity index (χ0v) is 12.1. The van der Waals surface area contributed by atoms with Crippen molar-refractivity contribution in [2.75, 3.05) is 23.7 Å². The number of anilines is 2. The Kier molecular flexibility index (Phi) is 4.18. The third kappa shape index (κ3) is 3.82. The lowest BCUT2D eigenvalue weighted by molar-refractivity contribution is 0.262. The maximum atomic E-state index is 13.7. The lowest BCUT2D eigenvalue weighted by Crippen LogP contribution is -2.22. The van der Waals surface area contributed by atoms with Crippen molar-refractivity contribution in [2.24, 2.45) is 4.99 Å². The minimum atomic E-state index is -0.589. The standard InChI is InChI=1S/C16H14F2N4O/c17-11-2-1-3-13(8-11)21-16(23)22-14-7-10(6-12(18)9-14)15-19-4-5-20-15/h1-3,6-9H,4-5H2,(H,19,20)(H2,21,22,23). The van der Waals surface area contributed by atoms with Crippen LogP contribution in [0.3, 0.4) is 0 Å². The first-order valence-corrected chi connectivity index (χ1v) is 7.03. The van der Waals surface area contributed by atoms with Crippen molar-refractivity contribution in [2.45, 2.75) is 0 Å². The molecule has 3 rings (SSSR count). The van der Waals surface area contributed by atoms with Gasteiger partial charge in [-0.25, -0.2) is 13.6 Å². The van der Waals surface area contributed by atoms with Crippen molar-refractivity contribution in [3.63, 3.8) is 0 Å².